The Morgan fingerprint density at radius 1 is 1.23 bits per heavy atom. The van der Waals surface area contributed by atoms with Crippen molar-refractivity contribution in [2.45, 2.75) is 6.10 Å². The van der Waals surface area contributed by atoms with Gasteiger partial charge in [-0.15, -0.1) is 6.58 Å². The molecule has 0 spiro atoms. The first-order valence-electron chi connectivity index (χ1n) is 3.25. The maximum Gasteiger partial charge on any atom is 0.285 e. The number of hydrogen-bond acceptors (Lipinski definition) is 6. The molecule has 0 saturated carbocycles. The van der Waals surface area contributed by atoms with Crippen LogP contribution in [-0.2, 0) is 28.6 Å². The average molecular weight is 228 g/mol. The van der Waals surface area contributed by atoms with Crippen LogP contribution < -0.4 is 0 Å². The Bertz CT molecular complexity index is 391. The van der Waals surface area contributed by atoms with Gasteiger partial charge in [0.2, 0.25) is 5.08 Å². The topological polar surface area (TPSA) is 86.7 Å². The van der Waals surface area contributed by atoms with Crippen molar-refractivity contribution >= 4 is 20.2 Å². The fourth-order valence-electron chi connectivity index (χ4n) is 0.733. The van der Waals surface area contributed by atoms with Crippen LogP contribution in [0.15, 0.2) is 12.7 Å². The van der Waals surface area contributed by atoms with Gasteiger partial charge in [0.15, 0.2) is 0 Å². The van der Waals surface area contributed by atoms with Crippen molar-refractivity contribution in [2.24, 2.45) is 0 Å². The smallest absolute Gasteiger partial charge is 0.266 e. The zero-order chi connectivity index (χ0) is 10.1. The van der Waals surface area contributed by atoms with Crippen molar-refractivity contribution < 1.29 is 25.2 Å². The first-order valence-corrected chi connectivity index (χ1v) is 6.41. The predicted octanol–water partition coefficient (Wildman–Crippen LogP) is -0.795. The Morgan fingerprint density at radius 3 is 2.38 bits per heavy atom. The van der Waals surface area contributed by atoms with E-state index in [1.165, 1.54) is 6.08 Å². The van der Waals surface area contributed by atoms with Gasteiger partial charge in [0.1, 0.15) is 6.10 Å². The molecule has 1 fully saturated rings. The van der Waals surface area contributed by atoms with Crippen LogP contribution in [0.5, 0.6) is 0 Å². The van der Waals surface area contributed by atoms with E-state index in [1.54, 1.807) is 0 Å². The molecule has 1 unspecified atom stereocenters. The molecule has 1 heterocycles. The third-order valence-corrected chi connectivity index (χ3v) is 4.58. The van der Waals surface area contributed by atoms with E-state index in [0.29, 0.717) is 0 Å². The Balaban J connectivity index is 3.01. The molecule has 76 valence electrons. The number of rotatable bonds is 1. The molecule has 0 bridgehead atoms. The largest absolute Gasteiger partial charge is 0.285 e. The highest BCUT2D eigenvalue weighted by Gasteiger charge is 2.31. The maximum absolute atomic E-state index is 10.9. The van der Waals surface area contributed by atoms with Crippen LogP contribution in [0.25, 0.3) is 0 Å². The predicted molar refractivity (Wildman–Crippen MR) is 43.7 cm³/mol. The molecule has 1 aliphatic heterocycles. The van der Waals surface area contributed by atoms with Gasteiger partial charge in [-0.05, 0) is 0 Å². The zero-order valence-electron chi connectivity index (χ0n) is 6.54. The van der Waals surface area contributed by atoms with Gasteiger partial charge in [0, 0.05) is 0 Å². The zero-order valence-corrected chi connectivity index (χ0v) is 8.18. The fraction of sp³-hybridized carbons (Fsp3) is 0.600. The van der Waals surface area contributed by atoms with Crippen LogP contribution in [0.4, 0.5) is 0 Å². The Kier molecular flexibility index (Phi) is 2.76. The summed E-state index contributed by atoms with van der Waals surface area (Å²) in [6.07, 6.45) is 0.223. The lowest BCUT2D eigenvalue weighted by Gasteiger charge is -2.05. The van der Waals surface area contributed by atoms with Gasteiger partial charge in [-0.25, -0.2) is 0 Å². The Labute approximate surface area is 76.4 Å². The monoisotopic (exact) mass is 228 g/mol. The van der Waals surface area contributed by atoms with Gasteiger partial charge in [0.25, 0.3) is 20.2 Å². The Hall–Kier alpha value is -0.440. The van der Waals surface area contributed by atoms with Crippen molar-refractivity contribution in [3.8, 4) is 0 Å². The molecular weight excluding hydrogens is 220 g/mol. The lowest BCUT2D eigenvalue weighted by molar-refractivity contribution is 0.183. The van der Waals surface area contributed by atoms with E-state index in [1.807, 2.05) is 0 Å². The van der Waals surface area contributed by atoms with Crippen molar-refractivity contribution in [1.82, 2.24) is 0 Å². The second-order valence-corrected chi connectivity index (χ2v) is 5.99. The van der Waals surface area contributed by atoms with Crippen LogP contribution in [0.1, 0.15) is 0 Å². The van der Waals surface area contributed by atoms with Crippen molar-refractivity contribution in [1.29, 1.82) is 0 Å². The molecule has 1 rings (SSSR count). The minimum absolute atomic E-state index is 0.356. The molecule has 1 aliphatic rings. The summed E-state index contributed by atoms with van der Waals surface area (Å²) in [6, 6.07) is 0. The summed E-state index contributed by atoms with van der Waals surface area (Å²) in [7, 11) is -8.10. The third-order valence-electron chi connectivity index (χ3n) is 1.23. The minimum atomic E-state index is -4.07. The van der Waals surface area contributed by atoms with E-state index in [0.717, 1.165) is 0 Å². The molecule has 0 amide bonds. The van der Waals surface area contributed by atoms with E-state index in [9.17, 15) is 16.8 Å². The standard InChI is InChI=1S/C5H8O6S2/c1-2-5-3-10-12(6,7)4-13(8,9)11-5/h2,5H,1,3-4H2. The summed E-state index contributed by atoms with van der Waals surface area (Å²) < 4.78 is 52.3. The first kappa shape index (κ1) is 10.6. The van der Waals surface area contributed by atoms with Gasteiger partial charge >= 0.3 is 0 Å². The first-order chi connectivity index (χ1) is 5.85. The number of hydrogen-bond donors (Lipinski definition) is 0. The van der Waals surface area contributed by atoms with Gasteiger partial charge < -0.3 is 0 Å². The van der Waals surface area contributed by atoms with Gasteiger partial charge in [-0.2, -0.15) is 16.8 Å². The van der Waals surface area contributed by atoms with Crippen molar-refractivity contribution in [2.75, 3.05) is 11.7 Å². The van der Waals surface area contributed by atoms with E-state index in [2.05, 4.69) is 14.9 Å². The Morgan fingerprint density at radius 2 is 1.85 bits per heavy atom. The summed E-state index contributed by atoms with van der Waals surface area (Å²) >= 11 is 0. The lowest BCUT2D eigenvalue weighted by atomic mass is 10.4. The molecule has 0 N–H and O–H groups in total. The highest BCUT2D eigenvalue weighted by Crippen LogP contribution is 2.12. The summed E-state index contributed by atoms with van der Waals surface area (Å²) in [5, 5.41) is -1.15. The molecule has 0 aromatic rings. The van der Waals surface area contributed by atoms with Crippen LogP contribution >= 0.6 is 0 Å². The minimum Gasteiger partial charge on any atom is -0.266 e. The summed E-state index contributed by atoms with van der Waals surface area (Å²) in [6.45, 7) is 2.92. The summed E-state index contributed by atoms with van der Waals surface area (Å²) in [5.74, 6) is 0. The average Bonchev–Trinajstić information content (AvgIpc) is 2.04. The van der Waals surface area contributed by atoms with Crippen LogP contribution in [-0.4, -0.2) is 34.6 Å². The molecule has 0 aromatic heterocycles. The summed E-state index contributed by atoms with van der Waals surface area (Å²) in [4.78, 5) is 0. The van der Waals surface area contributed by atoms with Gasteiger partial charge in [-0.3, -0.25) is 8.37 Å². The molecule has 1 atom stereocenters. The molecule has 0 aromatic carbocycles. The lowest BCUT2D eigenvalue weighted by Crippen LogP contribution is -2.18. The molecule has 13 heavy (non-hydrogen) atoms. The van der Waals surface area contributed by atoms with E-state index in [4.69, 9.17) is 0 Å². The molecule has 1 saturated heterocycles. The molecule has 6 nitrogen and oxygen atoms in total. The van der Waals surface area contributed by atoms with Crippen LogP contribution in [0.2, 0.25) is 0 Å². The summed E-state index contributed by atoms with van der Waals surface area (Å²) in [5.41, 5.74) is 0. The van der Waals surface area contributed by atoms with E-state index in [-0.39, 0.29) is 6.61 Å². The molecule has 0 aliphatic carbocycles. The fourth-order valence-corrected chi connectivity index (χ4v) is 3.49. The van der Waals surface area contributed by atoms with E-state index < -0.39 is 31.4 Å². The quantitative estimate of drug-likeness (QED) is 0.431. The highest BCUT2D eigenvalue weighted by atomic mass is 32.3. The third kappa shape index (κ3) is 3.07. The van der Waals surface area contributed by atoms with Crippen molar-refractivity contribution in [3.63, 3.8) is 0 Å². The highest BCUT2D eigenvalue weighted by molar-refractivity contribution is 8.03. The molecule has 8 heteroatoms. The maximum atomic E-state index is 10.9. The SMILES string of the molecule is C=CC1COS(=O)(=O)CS(=O)(=O)O1. The second-order valence-electron chi connectivity index (χ2n) is 2.39. The van der Waals surface area contributed by atoms with Crippen molar-refractivity contribution in [3.05, 3.63) is 12.7 Å². The van der Waals surface area contributed by atoms with Crippen LogP contribution in [0, 0.1) is 0 Å². The van der Waals surface area contributed by atoms with Crippen LogP contribution in [0.3, 0.4) is 0 Å². The van der Waals surface area contributed by atoms with Gasteiger partial charge in [0.05, 0.1) is 6.61 Å². The van der Waals surface area contributed by atoms with Gasteiger partial charge in [-0.1, -0.05) is 6.08 Å². The normalized spacial score (nSPS) is 31.8. The molecule has 0 radical (unpaired) electrons. The van der Waals surface area contributed by atoms with E-state index >= 15 is 0 Å². The second kappa shape index (κ2) is 3.37. The molecular formula is C5H8O6S2.